The second-order valence-corrected chi connectivity index (χ2v) is 5.51. The molecule has 1 unspecified atom stereocenters. The third-order valence-electron chi connectivity index (χ3n) is 3.32. The number of nitrogens with one attached hydrogen (secondary N) is 1. The molecule has 1 heterocycles. The summed E-state index contributed by atoms with van der Waals surface area (Å²) in [5, 5.41) is 3.50. The van der Waals surface area contributed by atoms with Crippen molar-refractivity contribution in [3.05, 3.63) is 39.8 Å². The van der Waals surface area contributed by atoms with Crippen LogP contribution in [0.4, 0.5) is 0 Å². The number of thiazole rings is 1. The van der Waals surface area contributed by atoms with Gasteiger partial charge in [-0.1, -0.05) is 6.07 Å². The van der Waals surface area contributed by atoms with E-state index in [1.54, 1.807) is 25.6 Å². The van der Waals surface area contributed by atoms with Gasteiger partial charge in [-0.25, -0.2) is 4.98 Å². The SMILES string of the molecule is COc1ccc(C(C)NCc2scnc2C)c(OC)c1. The summed E-state index contributed by atoms with van der Waals surface area (Å²) in [4.78, 5) is 5.53. The summed E-state index contributed by atoms with van der Waals surface area (Å²) >= 11 is 1.68. The number of aromatic nitrogens is 1. The zero-order valence-corrected chi connectivity index (χ0v) is 13.1. The molecule has 2 rings (SSSR count). The van der Waals surface area contributed by atoms with Gasteiger partial charge < -0.3 is 14.8 Å². The first kappa shape index (κ1) is 14.8. The molecule has 0 radical (unpaired) electrons. The van der Waals surface area contributed by atoms with Crippen LogP contribution in [0.25, 0.3) is 0 Å². The Balaban J connectivity index is 2.08. The van der Waals surface area contributed by atoms with Crippen molar-refractivity contribution in [2.24, 2.45) is 0 Å². The van der Waals surface area contributed by atoms with Crippen LogP contribution in [0.3, 0.4) is 0 Å². The molecule has 1 atom stereocenters. The molecule has 4 nitrogen and oxygen atoms in total. The Bertz CT molecular complexity index is 569. The molecule has 0 aliphatic carbocycles. The Morgan fingerprint density at radius 2 is 2.10 bits per heavy atom. The number of benzene rings is 1. The van der Waals surface area contributed by atoms with E-state index in [0.717, 1.165) is 29.3 Å². The molecule has 1 aromatic carbocycles. The van der Waals surface area contributed by atoms with E-state index >= 15 is 0 Å². The van der Waals surface area contributed by atoms with Crippen molar-refractivity contribution in [2.45, 2.75) is 26.4 Å². The fourth-order valence-electron chi connectivity index (χ4n) is 2.03. The van der Waals surface area contributed by atoms with Crippen LogP contribution in [-0.4, -0.2) is 19.2 Å². The molecule has 0 bridgehead atoms. The highest BCUT2D eigenvalue weighted by Gasteiger charge is 2.13. The largest absolute Gasteiger partial charge is 0.497 e. The van der Waals surface area contributed by atoms with Gasteiger partial charge in [0.15, 0.2) is 0 Å². The van der Waals surface area contributed by atoms with E-state index in [-0.39, 0.29) is 6.04 Å². The standard InChI is InChI=1S/C15H20N2O2S/c1-10(16-8-15-11(2)17-9-20-15)13-6-5-12(18-3)7-14(13)19-4/h5-7,9-10,16H,8H2,1-4H3. The minimum absolute atomic E-state index is 0.192. The second-order valence-electron chi connectivity index (χ2n) is 4.57. The van der Waals surface area contributed by atoms with Gasteiger partial charge >= 0.3 is 0 Å². The molecule has 1 N–H and O–H groups in total. The van der Waals surface area contributed by atoms with Gasteiger partial charge in [0.1, 0.15) is 11.5 Å². The predicted molar refractivity (Wildman–Crippen MR) is 81.7 cm³/mol. The van der Waals surface area contributed by atoms with Gasteiger partial charge in [0.2, 0.25) is 0 Å². The number of aryl methyl sites for hydroxylation is 1. The molecule has 2 aromatic rings. The van der Waals surface area contributed by atoms with E-state index in [0.29, 0.717) is 0 Å². The lowest BCUT2D eigenvalue weighted by molar-refractivity contribution is 0.386. The van der Waals surface area contributed by atoms with Crippen LogP contribution in [-0.2, 0) is 6.54 Å². The minimum atomic E-state index is 0.192. The van der Waals surface area contributed by atoms with Gasteiger partial charge in [0.05, 0.1) is 25.4 Å². The van der Waals surface area contributed by atoms with Crippen molar-refractivity contribution < 1.29 is 9.47 Å². The highest BCUT2D eigenvalue weighted by atomic mass is 32.1. The predicted octanol–water partition coefficient (Wildman–Crippen LogP) is 3.32. The number of hydrogen-bond acceptors (Lipinski definition) is 5. The molecule has 1 aromatic heterocycles. The summed E-state index contributed by atoms with van der Waals surface area (Å²) in [5.41, 5.74) is 4.09. The Morgan fingerprint density at radius 3 is 2.70 bits per heavy atom. The highest BCUT2D eigenvalue weighted by molar-refractivity contribution is 7.09. The van der Waals surface area contributed by atoms with Crippen molar-refractivity contribution in [3.63, 3.8) is 0 Å². The van der Waals surface area contributed by atoms with Gasteiger partial charge in [0.25, 0.3) is 0 Å². The normalized spacial score (nSPS) is 12.2. The van der Waals surface area contributed by atoms with E-state index in [4.69, 9.17) is 9.47 Å². The third-order valence-corrected chi connectivity index (χ3v) is 4.26. The molecule has 0 aliphatic rings. The van der Waals surface area contributed by atoms with Crippen molar-refractivity contribution in [1.29, 1.82) is 0 Å². The second kappa shape index (κ2) is 6.72. The highest BCUT2D eigenvalue weighted by Crippen LogP contribution is 2.29. The van der Waals surface area contributed by atoms with Crippen LogP contribution in [0.1, 0.15) is 29.1 Å². The fraction of sp³-hybridized carbons (Fsp3) is 0.400. The lowest BCUT2D eigenvalue weighted by atomic mass is 10.1. The molecule has 0 saturated carbocycles. The van der Waals surface area contributed by atoms with E-state index in [1.807, 2.05) is 30.6 Å². The van der Waals surface area contributed by atoms with Gasteiger partial charge in [-0.2, -0.15) is 0 Å². The van der Waals surface area contributed by atoms with Crippen molar-refractivity contribution in [3.8, 4) is 11.5 Å². The number of ether oxygens (including phenoxy) is 2. The molecular formula is C15H20N2O2S. The van der Waals surface area contributed by atoms with Crippen LogP contribution >= 0.6 is 11.3 Å². The molecular weight excluding hydrogens is 272 g/mol. The minimum Gasteiger partial charge on any atom is -0.497 e. The average Bonchev–Trinajstić information content (AvgIpc) is 2.89. The molecule has 20 heavy (non-hydrogen) atoms. The molecule has 0 fully saturated rings. The first-order valence-electron chi connectivity index (χ1n) is 6.50. The Morgan fingerprint density at radius 1 is 1.30 bits per heavy atom. The Labute approximate surface area is 123 Å². The van der Waals surface area contributed by atoms with Gasteiger partial charge in [-0.15, -0.1) is 11.3 Å². The van der Waals surface area contributed by atoms with E-state index in [2.05, 4.69) is 17.2 Å². The average molecular weight is 292 g/mol. The molecule has 108 valence electrons. The lowest BCUT2D eigenvalue weighted by Crippen LogP contribution is -2.18. The maximum absolute atomic E-state index is 5.44. The Kier molecular flexibility index (Phi) is 4.98. The lowest BCUT2D eigenvalue weighted by Gasteiger charge is -2.17. The maximum atomic E-state index is 5.44. The van der Waals surface area contributed by atoms with Crippen molar-refractivity contribution in [2.75, 3.05) is 14.2 Å². The van der Waals surface area contributed by atoms with E-state index < -0.39 is 0 Å². The molecule has 0 aliphatic heterocycles. The van der Waals surface area contributed by atoms with Crippen molar-refractivity contribution >= 4 is 11.3 Å². The smallest absolute Gasteiger partial charge is 0.127 e. The maximum Gasteiger partial charge on any atom is 0.127 e. The topological polar surface area (TPSA) is 43.4 Å². The summed E-state index contributed by atoms with van der Waals surface area (Å²) in [6.45, 7) is 4.97. The first-order chi connectivity index (χ1) is 9.65. The van der Waals surface area contributed by atoms with Crippen LogP contribution in [0, 0.1) is 6.92 Å². The fourth-order valence-corrected chi connectivity index (χ4v) is 2.76. The van der Waals surface area contributed by atoms with E-state index in [1.165, 1.54) is 4.88 Å². The van der Waals surface area contributed by atoms with Crippen LogP contribution in [0.2, 0.25) is 0 Å². The summed E-state index contributed by atoms with van der Waals surface area (Å²) in [6.07, 6.45) is 0. The number of methoxy groups -OCH3 is 2. The zero-order valence-electron chi connectivity index (χ0n) is 12.3. The summed E-state index contributed by atoms with van der Waals surface area (Å²) in [5.74, 6) is 1.64. The van der Waals surface area contributed by atoms with Gasteiger partial charge in [-0.3, -0.25) is 0 Å². The monoisotopic (exact) mass is 292 g/mol. The van der Waals surface area contributed by atoms with Crippen LogP contribution in [0.15, 0.2) is 23.7 Å². The molecule has 0 amide bonds. The number of hydrogen-bond donors (Lipinski definition) is 1. The van der Waals surface area contributed by atoms with Crippen LogP contribution < -0.4 is 14.8 Å². The van der Waals surface area contributed by atoms with Gasteiger partial charge in [0, 0.05) is 29.1 Å². The summed E-state index contributed by atoms with van der Waals surface area (Å²) in [6, 6.07) is 6.09. The van der Waals surface area contributed by atoms with E-state index in [9.17, 15) is 0 Å². The zero-order chi connectivity index (χ0) is 14.5. The summed E-state index contributed by atoms with van der Waals surface area (Å²) < 4.78 is 10.7. The Hall–Kier alpha value is -1.59. The van der Waals surface area contributed by atoms with Crippen LogP contribution in [0.5, 0.6) is 11.5 Å². The third kappa shape index (κ3) is 3.29. The molecule has 0 spiro atoms. The molecule has 0 saturated heterocycles. The number of rotatable bonds is 6. The van der Waals surface area contributed by atoms with Crippen molar-refractivity contribution in [1.82, 2.24) is 10.3 Å². The summed E-state index contributed by atoms with van der Waals surface area (Å²) in [7, 11) is 3.33. The quantitative estimate of drug-likeness (QED) is 0.887. The van der Waals surface area contributed by atoms with Gasteiger partial charge in [-0.05, 0) is 19.9 Å². The number of nitrogens with zero attached hydrogens (tertiary/aromatic N) is 1. The molecule has 5 heteroatoms. The first-order valence-corrected chi connectivity index (χ1v) is 7.38.